The van der Waals surface area contributed by atoms with Crippen LogP contribution in [-0.2, 0) is 11.2 Å². The van der Waals surface area contributed by atoms with Gasteiger partial charge >= 0.3 is 6.09 Å². The first-order chi connectivity index (χ1) is 15.3. The first-order valence-corrected chi connectivity index (χ1v) is 11.4. The van der Waals surface area contributed by atoms with Gasteiger partial charge in [0.05, 0.1) is 4.88 Å². The van der Waals surface area contributed by atoms with Gasteiger partial charge in [0.2, 0.25) is 11.7 Å². The van der Waals surface area contributed by atoms with Gasteiger partial charge in [-0.2, -0.15) is 4.98 Å². The summed E-state index contributed by atoms with van der Waals surface area (Å²) in [6.45, 7) is 5.94. The lowest BCUT2D eigenvalue weighted by atomic mass is 10.1. The summed E-state index contributed by atoms with van der Waals surface area (Å²) < 4.78 is 10.5. The average molecular weight is 457 g/mol. The third kappa shape index (κ3) is 7.49. The fourth-order valence-corrected chi connectivity index (χ4v) is 3.55. The van der Waals surface area contributed by atoms with Crippen LogP contribution in [0.3, 0.4) is 0 Å². The number of nitrogens with one attached hydrogen (secondary N) is 2. The molecule has 0 saturated carbocycles. The lowest BCUT2D eigenvalue weighted by molar-refractivity contribution is 0.0635. The molecule has 3 aromatic rings. The molecule has 0 atom stereocenters. The normalized spacial score (nSPS) is 11.2. The highest BCUT2D eigenvalue weighted by atomic mass is 32.1. The highest BCUT2D eigenvalue weighted by Gasteiger charge is 2.16. The zero-order valence-electron chi connectivity index (χ0n) is 18.5. The molecule has 2 heterocycles. The molecule has 0 aliphatic heterocycles. The maximum Gasteiger partial charge on any atom is 0.412 e. The van der Waals surface area contributed by atoms with E-state index in [4.69, 9.17) is 9.26 Å². The van der Waals surface area contributed by atoms with Crippen molar-refractivity contribution in [1.29, 1.82) is 0 Å². The van der Waals surface area contributed by atoms with Crippen molar-refractivity contribution >= 4 is 29.0 Å². The fraction of sp³-hybridized carbons (Fsp3) is 0.391. The van der Waals surface area contributed by atoms with Gasteiger partial charge in [0.1, 0.15) is 5.60 Å². The number of thiophene rings is 1. The number of hydrogen-bond donors (Lipinski definition) is 2. The lowest BCUT2D eigenvalue weighted by Crippen LogP contribution is -2.27. The number of aromatic nitrogens is 2. The molecule has 0 fully saturated rings. The van der Waals surface area contributed by atoms with Crippen LogP contribution in [0.5, 0.6) is 0 Å². The predicted molar refractivity (Wildman–Crippen MR) is 124 cm³/mol. The number of carbonyl (C=O) groups excluding carboxylic acids is 2. The summed E-state index contributed by atoms with van der Waals surface area (Å²) in [5.74, 6) is 1.08. The fourth-order valence-electron chi connectivity index (χ4n) is 2.90. The van der Waals surface area contributed by atoms with Gasteiger partial charge < -0.3 is 14.6 Å². The second-order valence-electron chi connectivity index (χ2n) is 8.26. The number of carbonyl (C=O) groups is 2. The Bertz CT molecular complexity index is 1020. The molecule has 0 radical (unpaired) electrons. The molecule has 0 aliphatic carbocycles. The van der Waals surface area contributed by atoms with Crippen molar-refractivity contribution in [3.8, 4) is 10.7 Å². The van der Waals surface area contributed by atoms with Crippen molar-refractivity contribution in [2.24, 2.45) is 0 Å². The molecule has 32 heavy (non-hydrogen) atoms. The Labute approximate surface area is 191 Å². The van der Waals surface area contributed by atoms with Gasteiger partial charge in [-0.25, -0.2) is 4.79 Å². The Hall–Kier alpha value is -3.20. The zero-order valence-corrected chi connectivity index (χ0v) is 19.3. The van der Waals surface area contributed by atoms with Crippen LogP contribution < -0.4 is 10.6 Å². The van der Waals surface area contributed by atoms with E-state index in [-0.39, 0.29) is 5.91 Å². The topological polar surface area (TPSA) is 106 Å². The van der Waals surface area contributed by atoms with Crippen molar-refractivity contribution in [2.45, 2.75) is 52.1 Å². The minimum atomic E-state index is -0.588. The summed E-state index contributed by atoms with van der Waals surface area (Å²) >= 11 is 1.58. The second kappa shape index (κ2) is 10.9. The van der Waals surface area contributed by atoms with E-state index in [1.807, 2.05) is 17.5 Å². The molecular weight excluding hydrogens is 428 g/mol. The van der Waals surface area contributed by atoms with Crippen LogP contribution in [0.1, 0.15) is 56.3 Å². The van der Waals surface area contributed by atoms with E-state index in [0.717, 1.165) is 24.1 Å². The van der Waals surface area contributed by atoms with Crippen LogP contribution in [0.15, 0.2) is 46.3 Å². The van der Waals surface area contributed by atoms with Gasteiger partial charge in [0.25, 0.3) is 5.91 Å². The molecule has 0 aliphatic rings. The van der Waals surface area contributed by atoms with Gasteiger partial charge in [0.15, 0.2) is 0 Å². The molecule has 170 valence electrons. The SMILES string of the molecule is CC(C)(C)OC(=O)Nc1cccc(C(=O)NCCCCCc2nc(-c3cccs3)no2)c1. The quantitative estimate of drug-likeness (QED) is 0.424. The van der Waals surface area contributed by atoms with Crippen molar-refractivity contribution in [2.75, 3.05) is 11.9 Å². The minimum Gasteiger partial charge on any atom is -0.444 e. The van der Waals surface area contributed by atoms with E-state index in [0.29, 0.717) is 35.9 Å². The van der Waals surface area contributed by atoms with Gasteiger partial charge in [0, 0.05) is 24.2 Å². The van der Waals surface area contributed by atoms with Crippen LogP contribution in [0, 0.1) is 0 Å². The van der Waals surface area contributed by atoms with Crippen LogP contribution in [0.4, 0.5) is 10.5 Å². The van der Waals surface area contributed by atoms with E-state index in [2.05, 4.69) is 20.8 Å². The highest BCUT2D eigenvalue weighted by Crippen LogP contribution is 2.21. The summed E-state index contributed by atoms with van der Waals surface area (Å²) in [7, 11) is 0. The molecule has 0 unspecified atom stereocenters. The third-order valence-electron chi connectivity index (χ3n) is 4.33. The van der Waals surface area contributed by atoms with E-state index >= 15 is 0 Å². The van der Waals surface area contributed by atoms with Gasteiger partial charge in [-0.3, -0.25) is 10.1 Å². The molecule has 2 aromatic heterocycles. The summed E-state index contributed by atoms with van der Waals surface area (Å²) in [5.41, 5.74) is 0.397. The molecule has 9 heteroatoms. The van der Waals surface area contributed by atoms with Crippen LogP contribution in [0.25, 0.3) is 10.7 Å². The van der Waals surface area contributed by atoms with Crippen molar-refractivity contribution in [3.05, 3.63) is 53.2 Å². The summed E-state index contributed by atoms with van der Waals surface area (Å²) in [5, 5.41) is 11.5. The van der Waals surface area contributed by atoms with E-state index in [1.54, 1.807) is 56.4 Å². The minimum absolute atomic E-state index is 0.185. The molecule has 2 amide bonds. The smallest absolute Gasteiger partial charge is 0.412 e. The highest BCUT2D eigenvalue weighted by molar-refractivity contribution is 7.13. The maximum atomic E-state index is 12.4. The number of ether oxygens (including phenoxy) is 1. The van der Waals surface area contributed by atoms with E-state index in [1.165, 1.54) is 0 Å². The van der Waals surface area contributed by atoms with Crippen LogP contribution in [0.2, 0.25) is 0 Å². The molecule has 0 bridgehead atoms. The second-order valence-corrected chi connectivity index (χ2v) is 9.21. The predicted octanol–water partition coefficient (Wildman–Crippen LogP) is 5.29. The van der Waals surface area contributed by atoms with Crippen molar-refractivity contribution in [3.63, 3.8) is 0 Å². The summed E-state index contributed by atoms with van der Waals surface area (Å²) in [6, 6.07) is 10.7. The molecule has 2 N–H and O–H groups in total. The molecular formula is C23H28N4O4S. The number of unbranched alkanes of at least 4 members (excludes halogenated alkanes) is 2. The number of benzene rings is 1. The maximum absolute atomic E-state index is 12.4. The lowest BCUT2D eigenvalue weighted by Gasteiger charge is -2.19. The molecule has 0 saturated heterocycles. The van der Waals surface area contributed by atoms with E-state index in [9.17, 15) is 9.59 Å². The Kier molecular flexibility index (Phi) is 7.99. The number of amides is 2. The Morgan fingerprint density at radius 3 is 2.72 bits per heavy atom. The molecule has 1 aromatic carbocycles. The molecule has 0 spiro atoms. The van der Waals surface area contributed by atoms with Crippen LogP contribution in [-0.4, -0.2) is 34.3 Å². The number of rotatable bonds is 9. The zero-order chi connectivity index (χ0) is 23.0. The van der Waals surface area contributed by atoms with Crippen molar-refractivity contribution in [1.82, 2.24) is 15.5 Å². The number of anilines is 1. The summed E-state index contributed by atoms with van der Waals surface area (Å²) in [6.07, 6.45) is 2.82. The largest absolute Gasteiger partial charge is 0.444 e. The number of hydrogen-bond acceptors (Lipinski definition) is 7. The van der Waals surface area contributed by atoms with Gasteiger partial charge in [-0.05, 0) is 63.3 Å². The molecule has 8 nitrogen and oxygen atoms in total. The molecule has 3 rings (SSSR count). The summed E-state index contributed by atoms with van der Waals surface area (Å²) in [4.78, 5) is 29.7. The Balaban J connectivity index is 1.35. The standard InChI is InChI=1S/C23H28N4O4S/c1-23(2,3)30-22(29)25-17-10-7-9-16(15-17)21(28)24-13-6-4-5-12-19-26-20(27-31-19)18-11-8-14-32-18/h7-11,14-15H,4-6,12-13H2,1-3H3,(H,24,28)(H,25,29). The Morgan fingerprint density at radius 1 is 1.12 bits per heavy atom. The van der Waals surface area contributed by atoms with Crippen LogP contribution >= 0.6 is 11.3 Å². The van der Waals surface area contributed by atoms with Gasteiger partial charge in [-0.1, -0.05) is 23.7 Å². The number of aryl methyl sites for hydroxylation is 1. The Morgan fingerprint density at radius 2 is 1.97 bits per heavy atom. The first kappa shape index (κ1) is 23.5. The monoisotopic (exact) mass is 456 g/mol. The van der Waals surface area contributed by atoms with Crippen molar-refractivity contribution < 1.29 is 18.8 Å². The third-order valence-corrected chi connectivity index (χ3v) is 5.20. The average Bonchev–Trinajstić information content (AvgIpc) is 3.41. The first-order valence-electron chi connectivity index (χ1n) is 10.5. The number of nitrogens with zero attached hydrogens (tertiary/aromatic N) is 2. The van der Waals surface area contributed by atoms with E-state index < -0.39 is 11.7 Å². The van der Waals surface area contributed by atoms with Gasteiger partial charge in [-0.15, -0.1) is 11.3 Å².